The van der Waals surface area contributed by atoms with E-state index in [1.807, 2.05) is 6.07 Å². The molecule has 0 radical (unpaired) electrons. The zero-order valence-electron chi connectivity index (χ0n) is 14.8. The van der Waals surface area contributed by atoms with Crippen LogP contribution in [0.3, 0.4) is 0 Å². The van der Waals surface area contributed by atoms with E-state index in [1.54, 1.807) is 0 Å². The summed E-state index contributed by atoms with van der Waals surface area (Å²) in [4.78, 5) is 10.5. The lowest BCUT2D eigenvalue weighted by Gasteiger charge is -2.27. The standard InChI is InChI=1S/C21H29NO3/c23-21(24)11-7-2-1-6-10-17-18(20-13-12-19(17)25-20)15-22-14-16-8-4-3-5-9-16/h1,3-6,8-9,17-20,22H,2,7,10-15H2,(H,23,24)/b6-1-/t17-,18+,19+,20-/m0/s1. The molecular formula is C21H29NO3. The fraction of sp³-hybridized carbons (Fsp3) is 0.571. The molecular weight excluding hydrogens is 314 g/mol. The van der Waals surface area contributed by atoms with Gasteiger partial charge in [-0.2, -0.15) is 0 Å². The van der Waals surface area contributed by atoms with Gasteiger partial charge in [-0.05, 0) is 43.6 Å². The molecule has 2 heterocycles. The summed E-state index contributed by atoms with van der Waals surface area (Å²) in [6, 6.07) is 10.5. The normalized spacial score (nSPS) is 28.0. The average molecular weight is 343 g/mol. The number of nitrogens with one attached hydrogen (secondary N) is 1. The number of carboxylic acid groups (broad SMARTS) is 1. The molecule has 2 bridgehead atoms. The maximum absolute atomic E-state index is 10.5. The van der Waals surface area contributed by atoms with E-state index in [2.05, 4.69) is 41.7 Å². The number of fused-ring (bicyclic) bond motifs is 2. The summed E-state index contributed by atoms with van der Waals surface area (Å²) in [5, 5.41) is 12.3. The quantitative estimate of drug-likeness (QED) is 0.501. The molecule has 2 N–H and O–H groups in total. The van der Waals surface area contributed by atoms with Crippen LogP contribution in [0.5, 0.6) is 0 Å². The van der Waals surface area contributed by atoms with Crippen LogP contribution < -0.4 is 5.32 Å². The molecule has 4 nitrogen and oxygen atoms in total. The summed E-state index contributed by atoms with van der Waals surface area (Å²) < 4.78 is 6.16. The third-order valence-electron chi connectivity index (χ3n) is 5.48. The first-order valence-corrected chi connectivity index (χ1v) is 9.51. The molecule has 1 aromatic rings. The number of hydrogen-bond acceptors (Lipinski definition) is 3. The van der Waals surface area contributed by atoms with Crippen LogP contribution in [-0.4, -0.2) is 29.8 Å². The van der Waals surface area contributed by atoms with Gasteiger partial charge in [-0.1, -0.05) is 42.5 Å². The molecule has 1 aromatic carbocycles. The Balaban J connectivity index is 1.43. The fourth-order valence-corrected chi connectivity index (χ4v) is 4.20. The van der Waals surface area contributed by atoms with Crippen LogP contribution in [0.15, 0.2) is 42.5 Å². The van der Waals surface area contributed by atoms with Crippen molar-refractivity contribution in [3.63, 3.8) is 0 Å². The Hall–Kier alpha value is -1.65. The van der Waals surface area contributed by atoms with E-state index in [-0.39, 0.29) is 6.42 Å². The Morgan fingerprint density at radius 2 is 1.92 bits per heavy atom. The predicted molar refractivity (Wildman–Crippen MR) is 98.3 cm³/mol. The summed E-state index contributed by atoms with van der Waals surface area (Å²) in [7, 11) is 0. The molecule has 2 aliphatic rings. The average Bonchev–Trinajstić information content (AvgIpc) is 3.21. The van der Waals surface area contributed by atoms with Crippen LogP contribution in [0.4, 0.5) is 0 Å². The molecule has 2 aliphatic heterocycles. The van der Waals surface area contributed by atoms with Crippen LogP contribution in [-0.2, 0) is 16.1 Å². The highest BCUT2D eigenvalue weighted by Crippen LogP contribution is 2.44. The Kier molecular flexibility index (Phi) is 6.65. The number of carbonyl (C=O) groups is 1. The summed E-state index contributed by atoms with van der Waals surface area (Å²) in [6.45, 7) is 1.92. The smallest absolute Gasteiger partial charge is 0.303 e. The van der Waals surface area contributed by atoms with Crippen molar-refractivity contribution in [2.75, 3.05) is 6.54 Å². The van der Waals surface area contributed by atoms with Gasteiger partial charge in [-0.3, -0.25) is 4.79 Å². The van der Waals surface area contributed by atoms with Crippen LogP contribution in [0, 0.1) is 11.8 Å². The number of ether oxygens (including phenoxy) is 1. The summed E-state index contributed by atoms with van der Waals surface area (Å²) in [5.41, 5.74) is 1.32. The molecule has 0 aromatic heterocycles. The van der Waals surface area contributed by atoms with E-state index >= 15 is 0 Å². The van der Waals surface area contributed by atoms with Gasteiger partial charge >= 0.3 is 5.97 Å². The van der Waals surface area contributed by atoms with Crippen LogP contribution in [0.1, 0.15) is 44.1 Å². The molecule has 0 aliphatic carbocycles. The van der Waals surface area contributed by atoms with Crippen molar-refractivity contribution < 1.29 is 14.6 Å². The zero-order valence-corrected chi connectivity index (χ0v) is 14.8. The molecule has 0 spiro atoms. The van der Waals surface area contributed by atoms with Gasteiger partial charge in [-0.25, -0.2) is 0 Å². The number of aliphatic carboxylic acids is 1. The second kappa shape index (κ2) is 9.16. The van der Waals surface area contributed by atoms with Crippen molar-refractivity contribution in [3.05, 3.63) is 48.0 Å². The van der Waals surface area contributed by atoms with E-state index < -0.39 is 5.97 Å². The second-order valence-electron chi connectivity index (χ2n) is 7.23. The van der Waals surface area contributed by atoms with E-state index in [0.29, 0.717) is 24.0 Å². The number of carboxylic acids is 1. The number of allylic oxidation sites excluding steroid dienone is 2. The van der Waals surface area contributed by atoms with Gasteiger partial charge in [0.25, 0.3) is 0 Å². The maximum atomic E-state index is 10.5. The zero-order chi connectivity index (χ0) is 17.5. The van der Waals surface area contributed by atoms with Crippen LogP contribution in [0.25, 0.3) is 0 Å². The third kappa shape index (κ3) is 5.16. The van der Waals surface area contributed by atoms with E-state index in [4.69, 9.17) is 9.84 Å². The lowest BCUT2D eigenvalue weighted by Crippen LogP contribution is -2.35. The number of rotatable bonds is 10. The van der Waals surface area contributed by atoms with Crippen LogP contribution >= 0.6 is 0 Å². The minimum atomic E-state index is -0.709. The van der Waals surface area contributed by atoms with E-state index in [1.165, 1.54) is 18.4 Å². The summed E-state index contributed by atoms with van der Waals surface area (Å²) in [6.07, 6.45) is 10.5. The molecule has 4 atom stereocenters. The van der Waals surface area contributed by atoms with Crippen molar-refractivity contribution >= 4 is 5.97 Å². The lowest BCUT2D eigenvalue weighted by molar-refractivity contribution is -0.137. The van der Waals surface area contributed by atoms with Gasteiger partial charge < -0.3 is 15.2 Å². The monoisotopic (exact) mass is 343 g/mol. The summed E-state index contributed by atoms with van der Waals surface area (Å²) in [5.74, 6) is 0.475. The Morgan fingerprint density at radius 3 is 2.68 bits per heavy atom. The molecule has 136 valence electrons. The van der Waals surface area contributed by atoms with Gasteiger partial charge in [-0.15, -0.1) is 0 Å². The molecule has 0 saturated carbocycles. The molecule has 3 rings (SSSR count). The number of unbranched alkanes of at least 4 members (excludes halogenated alkanes) is 1. The topological polar surface area (TPSA) is 58.6 Å². The van der Waals surface area contributed by atoms with Crippen molar-refractivity contribution in [1.29, 1.82) is 0 Å². The Labute approximate surface area is 150 Å². The largest absolute Gasteiger partial charge is 0.481 e. The summed E-state index contributed by atoms with van der Waals surface area (Å²) >= 11 is 0. The molecule has 2 saturated heterocycles. The molecule has 2 fully saturated rings. The van der Waals surface area contributed by atoms with Crippen molar-refractivity contribution in [2.24, 2.45) is 11.8 Å². The molecule has 4 heteroatoms. The molecule has 0 unspecified atom stereocenters. The van der Waals surface area contributed by atoms with Crippen LogP contribution in [0.2, 0.25) is 0 Å². The first kappa shape index (κ1) is 18.2. The highest BCUT2D eigenvalue weighted by atomic mass is 16.5. The first-order chi connectivity index (χ1) is 12.2. The van der Waals surface area contributed by atoms with Gasteiger partial charge in [0.05, 0.1) is 12.2 Å². The molecule has 25 heavy (non-hydrogen) atoms. The van der Waals surface area contributed by atoms with E-state index in [9.17, 15) is 4.79 Å². The van der Waals surface area contributed by atoms with Gasteiger partial charge in [0, 0.05) is 25.4 Å². The minimum absolute atomic E-state index is 0.258. The van der Waals surface area contributed by atoms with E-state index in [0.717, 1.165) is 32.4 Å². The van der Waals surface area contributed by atoms with Gasteiger partial charge in [0.2, 0.25) is 0 Å². The van der Waals surface area contributed by atoms with Crippen molar-refractivity contribution in [2.45, 2.75) is 57.3 Å². The Morgan fingerprint density at radius 1 is 1.16 bits per heavy atom. The Bertz CT molecular complexity index is 572. The van der Waals surface area contributed by atoms with Crippen molar-refractivity contribution in [1.82, 2.24) is 5.32 Å². The lowest BCUT2D eigenvalue weighted by atomic mass is 9.77. The highest BCUT2D eigenvalue weighted by Gasteiger charge is 2.47. The maximum Gasteiger partial charge on any atom is 0.303 e. The predicted octanol–water partition coefficient (Wildman–Crippen LogP) is 3.77. The number of hydrogen-bond donors (Lipinski definition) is 2. The molecule has 0 amide bonds. The third-order valence-corrected chi connectivity index (χ3v) is 5.48. The van der Waals surface area contributed by atoms with Gasteiger partial charge in [0.15, 0.2) is 0 Å². The van der Waals surface area contributed by atoms with Crippen molar-refractivity contribution in [3.8, 4) is 0 Å². The van der Waals surface area contributed by atoms with Gasteiger partial charge in [0.1, 0.15) is 0 Å². The first-order valence-electron chi connectivity index (χ1n) is 9.51. The second-order valence-corrected chi connectivity index (χ2v) is 7.23. The highest BCUT2D eigenvalue weighted by molar-refractivity contribution is 5.66. The SMILES string of the molecule is O=C(O)CCC/C=C\C[C@H]1[C@@H](CNCc2ccccc2)[C@@H]2CC[C@H]1O2. The minimum Gasteiger partial charge on any atom is -0.481 e. The fourth-order valence-electron chi connectivity index (χ4n) is 4.20. The number of benzene rings is 1.